The quantitative estimate of drug-likeness (QED) is 0.817. The van der Waals surface area contributed by atoms with Crippen molar-refractivity contribution >= 4 is 21.7 Å². The molecule has 0 saturated carbocycles. The third kappa shape index (κ3) is 4.62. The van der Waals surface area contributed by atoms with Crippen molar-refractivity contribution in [1.82, 2.24) is 9.62 Å². The SMILES string of the molecule is CN(C)S(=O)(=O)C[C@@H]1COC[C@@H]1NC(=O)Nc1ccc(F)c(F)c1. The maximum atomic E-state index is 13.1. The second kappa shape index (κ2) is 7.41. The van der Waals surface area contributed by atoms with Crippen LogP contribution < -0.4 is 10.6 Å². The minimum atomic E-state index is -3.43. The van der Waals surface area contributed by atoms with Crippen LogP contribution in [-0.4, -0.2) is 57.9 Å². The normalized spacial score (nSPS) is 21.0. The Labute approximate surface area is 139 Å². The van der Waals surface area contributed by atoms with Crippen molar-refractivity contribution in [3.63, 3.8) is 0 Å². The number of carbonyl (C=O) groups excluding carboxylic acids is 1. The molecule has 1 fully saturated rings. The molecule has 1 aliphatic heterocycles. The Kier molecular flexibility index (Phi) is 5.73. The average Bonchev–Trinajstić information content (AvgIpc) is 2.89. The lowest BCUT2D eigenvalue weighted by Gasteiger charge is -2.21. The summed E-state index contributed by atoms with van der Waals surface area (Å²) in [5, 5.41) is 4.97. The molecule has 0 spiro atoms. The van der Waals surface area contributed by atoms with Gasteiger partial charge in [-0.3, -0.25) is 0 Å². The minimum absolute atomic E-state index is 0.0859. The van der Waals surface area contributed by atoms with E-state index in [1.54, 1.807) is 0 Å². The van der Waals surface area contributed by atoms with Gasteiger partial charge < -0.3 is 15.4 Å². The molecule has 24 heavy (non-hydrogen) atoms. The number of urea groups is 1. The van der Waals surface area contributed by atoms with Crippen molar-refractivity contribution in [3.05, 3.63) is 29.8 Å². The molecule has 0 bridgehead atoms. The second-order valence-electron chi connectivity index (χ2n) is 5.69. The summed E-state index contributed by atoms with van der Waals surface area (Å²) >= 11 is 0. The Bertz CT molecular complexity index is 712. The summed E-state index contributed by atoms with van der Waals surface area (Å²) < 4.78 is 56.2. The third-order valence-corrected chi connectivity index (χ3v) is 5.64. The number of hydrogen-bond donors (Lipinski definition) is 2. The smallest absolute Gasteiger partial charge is 0.319 e. The highest BCUT2D eigenvalue weighted by Gasteiger charge is 2.34. The molecular weight excluding hydrogens is 344 g/mol. The lowest BCUT2D eigenvalue weighted by atomic mass is 10.1. The van der Waals surface area contributed by atoms with Crippen molar-refractivity contribution in [2.75, 3.05) is 38.4 Å². The lowest BCUT2D eigenvalue weighted by Crippen LogP contribution is -2.45. The van der Waals surface area contributed by atoms with E-state index < -0.39 is 39.6 Å². The zero-order chi connectivity index (χ0) is 17.9. The van der Waals surface area contributed by atoms with E-state index in [4.69, 9.17) is 4.74 Å². The van der Waals surface area contributed by atoms with E-state index in [0.29, 0.717) is 0 Å². The molecule has 2 atom stereocenters. The molecule has 0 radical (unpaired) electrons. The Hall–Kier alpha value is -1.78. The molecule has 2 rings (SSSR count). The van der Waals surface area contributed by atoms with Crippen molar-refractivity contribution in [3.8, 4) is 0 Å². The van der Waals surface area contributed by atoms with Crippen LogP contribution in [0.5, 0.6) is 0 Å². The molecule has 10 heteroatoms. The number of nitrogens with one attached hydrogen (secondary N) is 2. The Balaban J connectivity index is 1.96. The second-order valence-corrected chi connectivity index (χ2v) is 7.92. The van der Waals surface area contributed by atoms with E-state index in [1.165, 1.54) is 20.2 Å². The number of amides is 2. The zero-order valence-corrected chi connectivity index (χ0v) is 14.1. The molecule has 1 aliphatic rings. The van der Waals surface area contributed by atoms with Crippen LogP contribution in [0.1, 0.15) is 0 Å². The van der Waals surface area contributed by atoms with Crippen LogP contribution in [0.4, 0.5) is 19.3 Å². The average molecular weight is 363 g/mol. The van der Waals surface area contributed by atoms with Gasteiger partial charge in [0.25, 0.3) is 0 Å². The van der Waals surface area contributed by atoms with Gasteiger partial charge in [-0.2, -0.15) is 0 Å². The van der Waals surface area contributed by atoms with Gasteiger partial charge in [0.2, 0.25) is 10.0 Å². The molecule has 134 valence electrons. The number of benzene rings is 1. The van der Waals surface area contributed by atoms with Crippen LogP contribution in [0.3, 0.4) is 0 Å². The van der Waals surface area contributed by atoms with Gasteiger partial charge in [-0.15, -0.1) is 0 Å². The van der Waals surface area contributed by atoms with E-state index in [0.717, 1.165) is 16.4 Å². The van der Waals surface area contributed by atoms with Crippen molar-refractivity contribution in [1.29, 1.82) is 0 Å². The number of sulfonamides is 1. The molecule has 1 aromatic rings. The molecule has 0 aliphatic carbocycles. The summed E-state index contributed by atoms with van der Waals surface area (Å²) in [4.78, 5) is 12.0. The minimum Gasteiger partial charge on any atom is -0.379 e. The summed E-state index contributed by atoms with van der Waals surface area (Å²) in [7, 11) is -0.561. The fourth-order valence-corrected chi connectivity index (χ4v) is 3.42. The predicted molar refractivity (Wildman–Crippen MR) is 84.1 cm³/mol. The maximum absolute atomic E-state index is 13.1. The first-order chi connectivity index (χ1) is 11.2. The number of rotatable bonds is 5. The van der Waals surface area contributed by atoms with Crippen molar-refractivity contribution in [2.24, 2.45) is 5.92 Å². The van der Waals surface area contributed by atoms with Gasteiger partial charge in [0, 0.05) is 31.8 Å². The van der Waals surface area contributed by atoms with Crippen LogP contribution in [0.25, 0.3) is 0 Å². The number of hydrogen-bond acceptors (Lipinski definition) is 4. The van der Waals surface area contributed by atoms with Gasteiger partial charge in [0.05, 0.1) is 25.0 Å². The van der Waals surface area contributed by atoms with Crippen molar-refractivity contribution in [2.45, 2.75) is 6.04 Å². The highest BCUT2D eigenvalue weighted by atomic mass is 32.2. The first-order valence-corrected chi connectivity index (χ1v) is 8.80. The molecule has 1 heterocycles. The van der Waals surface area contributed by atoms with E-state index in [1.807, 2.05) is 0 Å². The van der Waals surface area contributed by atoms with Gasteiger partial charge in [0.15, 0.2) is 11.6 Å². The Morgan fingerprint density at radius 3 is 2.62 bits per heavy atom. The first-order valence-electron chi connectivity index (χ1n) is 7.19. The Morgan fingerprint density at radius 1 is 1.29 bits per heavy atom. The number of ether oxygens (including phenoxy) is 1. The van der Waals surface area contributed by atoms with Gasteiger partial charge in [-0.1, -0.05) is 0 Å². The topological polar surface area (TPSA) is 87.7 Å². The van der Waals surface area contributed by atoms with Crippen LogP contribution >= 0.6 is 0 Å². The molecule has 1 aromatic carbocycles. The summed E-state index contributed by atoms with van der Waals surface area (Å²) in [6.07, 6.45) is 0. The lowest BCUT2D eigenvalue weighted by molar-refractivity contribution is 0.184. The van der Waals surface area contributed by atoms with E-state index >= 15 is 0 Å². The largest absolute Gasteiger partial charge is 0.379 e. The number of carbonyl (C=O) groups is 1. The fraction of sp³-hybridized carbons (Fsp3) is 0.500. The standard InChI is InChI=1S/C14H19F2N3O4S/c1-19(2)24(21,22)8-9-6-23-7-13(9)18-14(20)17-10-3-4-11(15)12(16)5-10/h3-5,9,13H,6-8H2,1-2H3,(H2,17,18,20)/t9-,13-/m0/s1. The van der Waals surface area contributed by atoms with E-state index in [9.17, 15) is 22.0 Å². The third-order valence-electron chi connectivity index (χ3n) is 3.67. The Morgan fingerprint density at radius 2 is 2.00 bits per heavy atom. The van der Waals surface area contributed by atoms with Crippen molar-refractivity contribution < 1.29 is 26.7 Å². The summed E-state index contributed by atoms with van der Waals surface area (Å²) in [6.45, 7) is 0.391. The van der Waals surface area contributed by atoms with E-state index in [2.05, 4.69) is 10.6 Å². The fourth-order valence-electron chi connectivity index (χ4n) is 2.25. The number of anilines is 1. The molecule has 0 aromatic heterocycles. The van der Waals surface area contributed by atoms with Gasteiger partial charge in [-0.05, 0) is 12.1 Å². The number of halogens is 2. The summed E-state index contributed by atoms with van der Waals surface area (Å²) in [5.74, 6) is -2.64. The summed E-state index contributed by atoms with van der Waals surface area (Å²) in [5.41, 5.74) is 0.0859. The highest BCUT2D eigenvalue weighted by molar-refractivity contribution is 7.89. The van der Waals surface area contributed by atoms with Crippen LogP contribution in [0, 0.1) is 17.6 Å². The number of nitrogens with zero attached hydrogens (tertiary/aromatic N) is 1. The van der Waals surface area contributed by atoms with Gasteiger partial charge >= 0.3 is 6.03 Å². The van der Waals surface area contributed by atoms with Crippen LogP contribution in [0.2, 0.25) is 0 Å². The monoisotopic (exact) mass is 363 g/mol. The van der Waals surface area contributed by atoms with Gasteiger partial charge in [-0.25, -0.2) is 26.3 Å². The molecule has 0 unspecified atom stereocenters. The molecule has 2 N–H and O–H groups in total. The van der Waals surface area contributed by atoms with Crippen LogP contribution in [0.15, 0.2) is 18.2 Å². The summed E-state index contributed by atoms with van der Waals surface area (Å²) in [6, 6.07) is 1.83. The molecule has 7 nitrogen and oxygen atoms in total. The van der Waals surface area contributed by atoms with E-state index in [-0.39, 0.29) is 24.7 Å². The predicted octanol–water partition coefficient (Wildman–Crippen LogP) is 0.993. The highest BCUT2D eigenvalue weighted by Crippen LogP contribution is 2.18. The van der Waals surface area contributed by atoms with Gasteiger partial charge in [0.1, 0.15) is 0 Å². The maximum Gasteiger partial charge on any atom is 0.319 e. The molecule has 2 amide bonds. The molecule has 1 saturated heterocycles. The van der Waals surface area contributed by atoms with Crippen LogP contribution in [-0.2, 0) is 14.8 Å². The first kappa shape index (κ1) is 18.6. The zero-order valence-electron chi connectivity index (χ0n) is 13.3. The molecular formula is C14H19F2N3O4S.